The summed E-state index contributed by atoms with van der Waals surface area (Å²) in [5.74, 6) is 0. The highest BCUT2D eigenvalue weighted by Gasteiger charge is 2.10. The van der Waals surface area contributed by atoms with Gasteiger partial charge in [-0.25, -0.2) is 0 Å². The van der Waals surface area contributed by atoms with E-state index in [1.807, 2.05) is 20.1 Å². The Morgan fingerprint density at radius 1 is 1.56 bits per heavy atom. The van der Waals surface area contributed by atoms with E-state index >= 15 is 0 Å². The van der Waals surface area contributed by atoms with Gasteiger partial charge in [0.05, 0.1) is 0 Å². The van der Waals surface area contributed by atoms with Crippen LogP contribution >= 0.6 is 0 Å². The smallest absolute Gasteiger partial charge is 0.104 e. The van der Waals surface area contributed by atoms with Crippen LogP contribution in [0, 0.1) is 0 Å². The molecule has 0 spiro atoms. The summed E-state index contributed by atoms with van der Waals surface area (Å²) < 4.78 is 0. The molecular weight excluding hydrogens is 112 g/mol. The largest absolute Gasteiger partial charge is 0.307 e. The van der Waals surface area contributed by atoms with Crippen LogP contribution in [0.15, 0.2) is 4.99 Å². The summed E-state index contributed by atoms with van der Waals surface area (Å²) >= 11 is 0. The quantitative estimate of drug-likeness (QED) is 0.575. The minimum atomic E-state index is -0.337. The molecule has 0 aromatic heterocycles. The molecule has 0 fully saturated rings. The van der Waals surface area contributed by atoms with Crippen LogP contribution < -0.4 is 5.73 Å². The zero-order chi connectivity index (χ0) is 7.33. The van der Waals surface area contributed by atoms with Crippen molar-refractivity contribution < 1.29 is 0 Å². The molecule has 0 aliphatic heterocycles. The predicted octanol–water partition coefficient (Wildman–Crippen LogP) is 1.55. The molecule has 0 aromatic rings. The Balaban J connectivity index is 3.70. The standard InChI is InChI=1S/C7H16N2/c1-4-6-9-7(3,8)5-2/h6H,4-5,8H2,1-3H3. The molecular formula is C7H16N2. The summed E-state index contributed by atoms with van der Waals surface area (Å²) in [6.45, 7) is 6.02. The summed E-state index contributed by atoms with van der Waals surface area (Å²) in [7, 11) is 0. The van der Waals surface area contributed by atoms with Crippen molar-refractivity contribution in [3.05, 3.63) is 0 Å². The van der Waals surface area contributed by atoms with Gasteiger partial charge in [-0.2, -0.15) is 0 Å². The summed E-state index contributed by atoms with van der Waals surface area (Å²) in [5.41, 5.74) is 5.37. The van der Waals surface area contributed by atoms with Crippen LogP contribution in [0.4, 0.5) is 0 Å². The minimum absolute atomic E-state index is 0.337. The zero-order valence-electron chi connectivity index (χ0n) is 6.52. The third-order valence-electron chi connectivity index (χ3n) is 1.28. The molecule has 0 heterocycles. The maximum Gasteiger partial charge on any atom is 0.104 e. The van der Waals surface area contributed by atoms with Crippen molar-refractivity contribution in [1.29, 1.82) is 0 Å². The fourth-order valence-electron chi connectivity index (χ4n) is 0.391. The predicted molar refractivity (Wildman–Crippen MR) is 41.7 cm³/mol. The lowest BCUT2D eigenvalue weighted by Gasteiger charge is -2.15. The average molecular weight is 128 g/mol. The van der Waals surface area contributed by atoms with Gasteiger partial charge in [0.25, 0.3) is 0 Å². The van der Waals surface area contributed by atoms with Crippen molar-refractivity contribution in [3.8, 4) is 0 Å². The minimum Gasteiger partial charge on any atom is -0.307 e. The Kier molecular flexibility index (Phi) is 3.47. The lowest BCUT2D eigenvalue weighted by Crippen LogP contribution is -2.32. The molecule has 2 N–H and O–H groups in total. The summed E-state index contributed by atoms with van der Waals surface area (Å²) in [6.07, 6.45) is 3.72. The van der Waals surface area contributed by atoms with E-state index in [1.54, 1.807) is 0 Å². The van der Waals surface area contributed by atoms with Crippen molar-refractivity contribution in [2.24, 2.45) is 10.7 Å². The Labute approximate surface area is 57.2 Å². The van der Waals surface area contributed by atoms with E-state index in [9.17, 15) is 0 Å². The van der Waals surface area contributed by atoms with E-state index in [2.05, 4.69) is 11.9 Å². The van der Waals surface area contributed by atoms with Gasteiger partial charge in [-0.05, 0) is 19.8 Å². The van der Waals surface area contributed by atoms with E-state index in [1.165, 1.54) is 0 Å². The summed E-state index contributed by atoms with van der Waals surface area (Å²) in [5, 5.41) is 0. The number of hydrogen-bond acceptors (Lipinski definition) is 2. The Morgan fingerprint density at radius 2 is 2.11 bits per heavy atom. The van der Waals surface area contributed by atoms with Crippen LogP contribution in [-0.2, 0) is 0 Å². The fraction of sp³-hybridized carbons (Fsp3) is 0.857. The molecule has 0 rings (SSSR count). The molecule has 54 valence electrons. The highest BCUT2D eigenvalue weighted by Crippen LogP contribution is 2.04. The first kappa shape index (κ1) is 8.63. The van der Waals surface area contributed by atoms with Crippen LogP contribution in [0.3, 0.4) is 0 Å². The van der Waals surface area contributed by atoms with Crippen molar-refractivity contribution in [2.75, 3.05) is 0 Å². The van der Waals surface area contributed by atoms with Crippen LogP contribution in [0.2, 0.25) is 0 Å². The van der Waals surface area contributed by atoms with Crippen molar-refractivity contribution in [2.45, 2.75) is 39.3 Å². The van der Waals surface area contributed by atoms with Gasteiger partial charge in [0.1, 0.15) is 5.66 Å². The molecule has 0 aromatic carbocycles. The molecule has 0 saturated heterocycles. The molecule has 0 amide bonds. The number of nitrogens with zero attached hydrogens (tertiary/aromatic N) is 1. The van der Waals surface area contributed by atoms with E-state index in [-0.39, 0.29) is 5.66 Å². The van der Waals surface area contributed by atoms with Gasteiger partial charge in [0.15, 0.2) is 0 Å². The third kappa shape index (κ3) is 4.15. The topological polar surface area (TPSA) is 38.4 Å². The molecule has 0 bridgehead atoms. The molecule has 2 heteroatoms. The molecule has 0 aliphatic rings. The second-order valence-corrected chi connectivity index (χ2v) is 2.43. The molecule has 0 radical (unpaired) electrons. The Hall–Kier alpha value is -0.370. The third-order valence-corrected chi connectivity index (χ3v) is 1.28. The van der Waals surface area contributed by atoms with Gasteiger partial charge in [-0.15, -0.1) is 0 Å². The molecule has 2 nitrogen and oxygen atoms in total. The molecule has 1 atom stereocenters. The first-order valence-electron chi connectivity index (χ1n) is 3.45. The molecule has 9 heavy (non-hydrogen) atoms. The summed E-state index contributed by atoms with van der Waals surface area (Å²) in [6, 6.07) is 0. The van der Waals surface area contributed by atoms with Crippen molar-refractivity contribution in [3.63, 3.8) is 0 Å². The van der Waals surface area contributed by atoms with E-state index in [0.29, 0.717) is 0 Å². The SMILES string of the molecule is CCC=NC(C)(N)CC. The number of nitrogens with two attached hydrogens (primary N) is 1. The Morgan fingerprint density at radius 3 is 2.44 bits per heavy atom. The van der Waals surface area contributed by atoms with Crippen molar-refractivity contribution in [1.82, 2.24) is 0 Å². The van der Waals surface area contributed by atoms with E-state index in [0.717, 1.165) is 12.8 Å². The zero-order valence-corrected chi connectivity index (χ0v) is 6.52. The fourth-order valence-corrected chi connectivity index (χ4v) is 0.391. The lowest BCUT2D eigenvalue weighted by atomic mass is 10.2. The highest BCUT2D eigenvalue weighted by molar-refractivity contribution is 5.57. The van der Waals surface area contributed by atoms with E-state index < -0.39 is 0 Å². The normalized spacial score (nSPS) is 18.2. The second kappa shape index (κ2) is 3.62. The Bertz CT molecular complexity index is 95.1. The number of aliphatic imine (C=N–C) groups is 1. The van der Waals surface area contributed by atoms with Gasteiger partial charge in [0, 0.05) is 6.21 Å². The van der Waals surface area contributed by atoms with Gasteiger partial charge in [-0.3, -0.25) is 4.99 Å². The number of hydrogen-bond donors (Lipinski definition) is 1. The second-order valence-electron chi connectivity index (χ2n) is 2.43. The molecule has 0 aliphatic carbocycles. The van der Waals surface area contributed by atoms with Gasteiger partial charge in [-0.1, -0.05) is 13.8 Å². The lowest BCUT2D eigenvalue weighted by molar-refractivity contribution is 0.478. The van der Waals surface area contributed by atoms with Gasteiger partial charge in [0.2, 0.25) is 0 Å². The monoisotopic (exact) mass is 128 g/mol. The van der Waals surface area contributed by atoms with E-state index in [4.69, 9.17) is 5.73 Å². The first-order chi connectivity index (χ1) is 4.12. The average Bonchev–Trinajstić information content (AvgIpc) is 1.84. The highest BCUT2D eigenvalue weighted by atomic mass is 15.0. The summed E-state index contributed by atoms with van der Waals surface area (Å²) in [4.78, 5) is 4.15. The van der Waals surface area contributed by atoms with Crippen LogP contribution in [0.5, 0.6) is 0 Å². The van der Waals surface area contributed by atoms with Crippen molar-refractivity contribution >= 4 is 6.21 Å². The van der Waals surface area contributed by atoms with Crippen LogP contribution in [0.25, 0.3) is 0 Å². The first-order valence-corrected chi connectivity index (χ1v) is 3.45. The number of rotatable bonds is 3. The van der Waals surface area contributed by atoms with Crippen LogP contribution in [-0.4, -0.2) is 11.9 Å². The van der Waals surface area contributed by atoms with Crippen LogP contribution in [0.1, 0.15) is 33.6 Å². The maximum atomic E-state index is 5.70. The van der Waals surface area contributed by atoms with Gasteiger partial charge < -0.3 is 5.73 Å². The van der Waals surface area contributed by atoms with Gasteiger partial charge >= 0.3 is 0 Å². The molecule has 1 unspecified atom stereocenters. The maximum absolute atomic E-state index is 5.70. The molecule has 0 saturated carbocycles.